The van der Waals surface area contributed by atoms with E-state index in [9.17, 15) is 8.78 Å². The van der Waals surface area contributed by atoms with E-state index in [0.29, 0.717) is 11.8 Å². The van der Waals surface area contributed by atoms with Gasteiger partial charge in [0, 0.05) is 13.0 Å². The monoisotopic (exact) mass is 384 g/mol. The highest BCUT2D eigenvalue weighted by molar-refractivity contribution is 5.51. The second-order valence-corrected chi connectivity index (χ2v) is 7.98. The molecule has 6 nitrogen and oxygen atoms in total. The highest BCUT2D eigenvalue weighted by atomic mass is 19.1. The van der Waals surface area contributed by atoms with E-state index in [1.807, 2.05) is 0 Å². The molecule has 28 heavy (non-hydrogen) atoms. The first-order valence-electron chi connectivity index (χ1n) is 9.15. The lowest BCUT2D eigenvalue weighted by Crippen LogP contribution is -2.37. The van der Waals surface area contributed by atoms with Gasteiger partial charge in [0.25, 0.3) is 0 Å². The number of hydrogen-bond acceptors (Lipinski definition) is 6. The van der Waals surface area contributed by atoms with E-state index in [-0.39, 0.29) is 17.2 Å². The molecule has 1 fully saturated rings. The van der Waals surface area contributed by atoms with Gasteiger partial charge in [-0.15, -0.1) is 15.3 Å². The van der Waals surface area contributed by atoms with Crippen LogP contribution in [0.3, 0.4) is 0 Å². The Labute approximate surface area is 160 Å². The van der Waals surface area contributed by atoms with Gasteiger partial charge < -0.3 is 9.15 Å². The molecule has 5 rings (SSSR count). The number of fused-ring (bicyclic) bond motifs is 5. The van der Waals surface area contributed by atoms with Crippen LogP contribution in [0.4, 0.5) is 8.78 Å². The first-order valence-corrected chi connectivity index (χ1v) is 9.15. The third-order valence-corrected chi connectivity index (χ3v) is 6.38. The average Bonchev–Trinajstić information content (AvgIpc) is 3.25. The summed E-state index contributed by atoms with van der Waals surface area (Å²) in [6.45, 7) is 6.07. The molecule has 0 radical (unpaired) electrons. The fourth-order valence-corrected chi connectivity index (χ4v) is 4.98. The number of aryl methyl sites for hydroxylation is 1. The summed E-state index contributed by atoms with van der Waals surface area (Å²) in [6, 6.07) is 5.28. The molecule has 0 aliphatic heterocycles. The summed E-state index contributed by atoms with van der Waals surface area (Å²) in [5, 5.41) is 16.8. The standard InChI is InChI=1S/C20H18F2N4O2/c1-10-23-26-18(27-10)20-8-7-12(19(20,2)3)11-9-15(24-25-17(11)20)28-16-13(21)5-4-6-14(16)22/h4-6,9,12H,7-8H2,1-3H3. The molecule has 1 saturated carbocycles. The Morgan fingerprint density at radius 2 is 1.86 bits per heavy atom. The van der Waals surface area contributed by atoms with E-state index in [0.717, 1.165) is 36.2 Å². The Balaban J connectivity index is 1.61. The molecule has 2 heterocycles. The highest BCUT2D eigenvalue weighted by Crippen LogP contribution is 2.69. The summed E-state index contributed by atoms with van der Waals surface area (Å²) >= 11 is 0. The van der Waals surface area contributed by atoms with E-state index in [1.165, 1.54) is 6.07 Å². The number of ether oxygens (including phenoxy) is 1. The zero-order valence-electron chi connectivity index (χ0n) is 15.7. The van der Waals surface area contributed by atoms with Gasteiger partial charge in [-0.1, -0.05) is 19.9 Å². The second kappa shape index (κ2) is 5.56. The molecular formula is C20H18F2N4O2. The number of para-hydroxylation sites is 1. The predicted molar refractivity (Wildman–Crippen MR) is 94.0 cm³/mol. The van der Waals surface area contributed by atoms with Crippen LogP contribution in [0.1, 0.15) is 55.6 Å². The van der Waals surface area contributed by atoms with Crippen LogP contribution in [0.15, 0.2) is 28.7 Å². The molecule has 3 aromatic rings. The lowest BCUT2D eigenvalue weighted by Gasteiger charge is -2.34. The SMILES string of the molecule is Cc1nnc(C23CCC(c4cc(Oc5c(F)cccc5F)nnc42)C3(C)C)o1. The van der Waals surface area contributed by atoms with Crippen LogP contribution >= 0.6 is 0 Å². The smallest absolute Gasteiger partial charge is 0.239 e. The Bertz CT molecular complexity index is 1080. The van der Waals surface area contributed by atoms with Crippen molar-refractivity contribution in [2.45, 2.75) is 44.9 Å². The van der Waals surface area contributed by atoms with Crippen molar-refractivity contribution >= 4 is 0 Å². The molecular weight excluding hydrogens is 366 g/mol. The molecule has 2 aliphatic carbocycles. The lowest BCUT2D eigenvalue weighted by atomic mass is 9.68. The zero-order chi connectivity index (χ0) is 19.7. The first kappa shape index (κ1) is 17.2. The minimum absolute atomic E-state index is 0.0583. The van der Waals surface area contributed by atoms with Crippen LogP contribution in [-0.4, -0.2) is 20.4 Å². The Morgan fingerprint density at radius 3 is 2.54 bits per heavy atom. The molecule has 2 unspecified atom stereocenters. The van der Waals surface area contributed by atoms with Crippen LogP contribution in [0.5, 0.6) is 11.6 Å². The van der Waals surface area contributed by atoms with Crippen molar-refractivity contribution in [1.29, 1.82) is 0 Å². The van der Waals surface area contributed by atoms with Gasteiger partial charge in [-0.2, -0.15) is 5.10 Å². The summed E-state index contributed by atoms with van der Waals surface area (Å²) in [7, 11) is 0. The fraction of sp³-hybridized carbons (Fsp3) is 0.400. The molecule has 1 aromatic carbocycles. The van der Waals surface area contributed by atoms with Crippen molar-refractivity contribution in [3.05, 3.63) is 58.9 Å². The molecule has 0 amide bonds. The number of aromatic nitrogens is 4. The maximum atomic E-state index is 13.9. The molecule has 0 spiro atoms. The van der Waals surface area contributed by atoms with Gasteiger partial charge in [0.2, 0.25) is 23.4 Å². The number of nitrogens with zero attached hydrogens (tertiary/aromatic N) is 4. The first-order chi connectivity index (χ1) is 13.3. The number of hydrogen-bond donors (Lipinski definition) is 0. The van der Waals surface area contributed by atoms with Gasteiger partial charge in [0.1, 0.15) is 0 Å². The molecule has 8 heteroatoms. The number of benzene rings is 1. The maximum Gasteiger partial charge on any atom is 0.239 e. The van der Waals surface area contributed by atoms with Gasteiger partial charge >= 0.3 is 0 Å². The van der Waals surface area contributed by atoms with Crippen molar-refractivity contribution in [2.75, 3.05) is 0 Å². The second-order valence-electron chi connectivity index (χ2n) is 7.98. The lowest BCUT2D eigenvalue weighted by molar-refractivity contribution is 0.204. The predicted octanol–water partition coefficient (Wildman–Crippen LogP) is 4.44. The average molecular weight is 384 g/mol. The van der Waals surface area contributed by atoms with Crippen molar-refractivity contribution < 1.29 is 17.9 Å². The Hall–Kier alpha value is -2.90. The third kappa shape index (κ3) is 2.05. The van der Waals surface area contributed by atoms with Crippen molar-refractivity contribution in [3.8, 4) is 11.6 Å². The Kier molecular flexibility index (Phi) is 3.42. The molecule has 0 saturated heterocycles. The minimum atomic E-state index is -0.790. The van der Waals surface area contributed by atoms with Crippen LogP contribution < -0.4 is 4.74 Å². The zero-order valence-corrected chi connectivity index (χ0v) is 15.7. The quantitative estimate of drug-likeness (QED) is 0.665. The summed E-state index contributed by atoms with van der Waals surface area (Å²) < 4.78 is 39.1. The van der Waals surface area contributed by atoms with E-state index in [2.05, 4.69) is 34.2 Å². The molecule has 2 aromatic heterocycles. The maximum absolute atomic E-state index is 13.9. The highest BCUT2D eigenvalue weighted by Gasteiger charge is 2.67. The van der Waals surface area contributed by atoms with Crippen LogP contribution in [0.25, 0.3) is 0 Å². The summed E-state index contributed by atoms with van der Waals surface area (Å²) in [5.74, 6) is -0.786. The Morgan fingerprint density at radius 1 is 1.11 bits per heavy atom. The normalized spacial score (nSPS) is 24.4. The largest absolute Gasteiger partial charge is 0.431 e. The van der Waals surface area contributed by atoms with E-state index in [1.54, 1.807) is 13.0 Å². The molecule has 144 valence electrons. The van der Waals surface area contributed by atoms with Gasteiger partial charge in [-0.3, -0.25) is 0 Å². The van der Waals surface area contributed by atoms with Gasteiger partial charge in [0.05, 0.1) is 11.1 Å². The van der Waals surface area contributed by atoms with E-state index >= 15 is 0 Å². The number of rotatable bonds is 3. The van der Waals surface area contributed by atoms with Gasteiger partial charge in [-0.05, 0) is 41.9 Å². The van der Waals surface area contributed by atoms with Crippen LogP contribution in [0.2, 0.25) is 0 Å². The van der Waals surface area contributed by atoms with Crippen LogP contribution in [-0.2, 0) is 5.41 Å². The van der Waals surface area contributed by atoms with E-state index < -0.39 is 22.8 Å². The van der Waals surface area contributed by atoms with Crippen molar-refractivity contribution in [1.82, 2.24) is 20.4 Å². The minimum Gasteiger partial charge on any atom is -0.431 e. The topological polar surface area (TPSA) is 73.9 Å². The molecule has 2 atom stereocenters. The third-order valence-electron chi connectivity index (χ3n) is 6.38. The van der Waals surface area contributed by atoms with Crippen molar-refractivity contribution in [2.24, 2.45) is 5.41 Å². The summed E-state index contributed by atoms with van der Waals surface area (Å²) in [6.07, 6.45) is 1.75. The summed E-state index contributed by atoms with van der Waals surface area (Å²) in [5.41, 5.74) is 0.987. The van der Waals surface area contributed by atoms with Crippen molar-refractivity contribution in [3.63, 3.8) is 0 Å². The van der Waals surface area contributed by atoms with Gasteiger partial charge in [-0.25, -0.2) is 8.78 Å². The molecule has 2 bridgehead atoms. The van der Waals surface area contributed by atoms with Crippen LogP contribution in [0, 0.1) is 24.0 Å². The summed E-state index contributed by atoms with van der Waals surface area (Å²) in [4.78, 5) is 0. The van der Waals surface area contributed by atoms with E-state index in [4.69, 9.17) is 9.15 Å². The fourth-order valence-electron chi connectivity index (χ4n) is 4.98. The number of halogens is 2. The molecule has 2 aliphatic rings. The van der Waals surface area contributed by atoms with Gasteiger partial charge in [0.15, 0.2) is 11.6 Å². The molecule has 0 N–H and O–H groups in total.